The van der Waals surface area contributed by atoms with Gasteiger partial charge in [0.2, 0.25) is 5.91 Å². The highest BCUT2D eigenvalue weighted by atomic mass is 16.7. The van der Waals surface area contributed by atoms with Crippen LogP contribution in [0.25, 0.3) is 0 Å². The molecule has 9 unspecified atom stereocenters. The normalized spacial score (nSPS) is 49.7. The van der Waals surface area contributed by atoms with Gasteiger partial charge in [-0.25, -0.2) is 0 Å². The summed E-state index contributed by atoms with van der Waals surface area (Å²) in [4.78, 5) is 11.4. The molecule has 0 aromatic carbocycles. The monoisotopic (exact) mass is 383 g/mol. The van der Waals surface area contributed by atoms with Gasteiger partial charge in [0.15, 0.2) is 6.29 Å². The Kier molecular flexibility index (Phi) is 6.90. The molecule has 9 N–H and O–H groups in total. The van der Waals surface area contributed by atoms with Crippen molar-refractivity contribution in [2.75, 3.05) is 6.61 Å². The second-order valence-corrected chi connectivity index (χ2v) is 6.49. The first-order chi connectivity index (χ1) is 12.1. The fourth-order valence-corrected chi connectivity index (χ4v) is 3.10. The molecule has 152 valence electrons. The predicted molar refractivity (Wildman–Crippen MR) is 80.3 cm³/mol. The number of rotatable bonds is 4. The highest BCUT2D eigenvalue weighted by Crippen LogP contribution is 2.29. The lowest BCUT2D eigenvalue weighted by Crippen LogP contribution is -2.69. The summed E-state index contributed by atoms with van der Waals surface area (Å²) in [6.45, 7) is 0.424. The molecule has 12 nitrogen and oxygen atoms in total. The summed E-state index contributed by atoms with van der Waals surface area (Å²) in [6.07, 6.45) is -16.9. The van der Waals surface area contributed by atoms with Crippen molar-refractivity contribution in [3.8, 4) is 0 Å². The van der Waals surface area contributed by atoms with Gasteiger partial charge in [-0.05, 0) is 0 Å². The zero-order chi connectivity index (χ0) is 19.8. The maximum absolute atomic E-state index is 11.4. The number of carbonyl (C=O) groups excluding carboxylic acids is 1. The van der Waals surface area contributed by atoms with Gasteiger partial charge in [0.25, 0.3) is 0 Å². The molecule has 0 bridgehead atoms. The number of aliphatic hydroxyl groups excluding tert-OH is 8. The number of amides is 1. The fourth-order valence-electron chi connectivity index (χ4n) is 3.10. The topological polar surface area (TPSA) is 209 Å². The van der Waals surface area contributed by atoms with E-state index in [4.69, 9.17) is 9.47 Å². The smallest absolute Gasteiger partial charge is 0.217 e. The van der Waals surface area contributed by atoms with Gasteiger partial charge in [0.05, 0.1) is 6.61 Å². The van der Waals surface area contributed by atoms with Gasteiger partial charge in [0, 0.05) is 6.92 Å². The minimum absolute atomic E-state index is 0.610. The molecule has 1 saturated heterocycles. The molecule has 1 aliphatic carbocycles. The van der Waals surface area contributed by atoms with E-state index in [1.165, 1.54) is 0 Å². The average molecular weight is 383 g/mol. The molecule has 1 aliphatic heterocycles. The Labute approximate surface area is 148 Å². The van der Waals surface area contributed by atoms with Crippen molar-refractivity contribution in [1.29, 1.82) is 0 Å². The van der Waals surface area contributed by atoms with Gasteiger partial charge in [0.1, 0.15) is 61.0 Å². The van der Waals surface area contributed by atoms with E-state index in [2.05, 4.69) is 5.32 Å². The molecule has 12 heteroatoms. The highest BCUT2D eigenvalue weighted by Gasteiger charge is 2.52. The number of hydrogen-bond donors (Lipinski definition) is 9. The standard InChI is InChI=1S/C14H25NO11/c1-3(17)15-5-7(19)6(18)4(2-16)25-14(5)26-13-11(23)9(21)8(20)10(22)12(13)24/h4-14,16,18-24H,2H2,1H3,(H,15,17). The van der Waals surface area contributed by atoms with Crippen LogP contribution in [0.5, 0.6) is 0 Å². The van der Waals surface area contributed by atoms with Crippen LogP contribution < -0.4 is 5.32 Å². The van der Waals surface area contributed by atoms with Gasteiger partial charge in [-0.2, -0.15) is 0 Å². The van der Waals surface area contributed by atoms with Gasteiger partial charge < -0.3 is 55.6 Å². The van der Waals surface area contributed by atoms with E-state index in [9.17, 15) is 45.6 Å². The number of hydrogen-bond acceptors (Lipinski definition) is 11. The van der Waals surface area contributed by atoms with Crippen molar-refractivity contribution in [2.24, 2.45) is 0 Å². The second kappa shape index (κ2) is 8.39. The van der Waals surface area contributed by atoms with E-state index >= 15 is 0 Å². The summed E-state index contributed by atoms with van der Waals surface area (Å²) in [5.41, 5.74) is 0. The molecule has 0 radical (unpaired) electrons. The van der Waals surface area contributed by atoms with Crippen molar-refractivity contribution in [1.82, 2.24) is 5.32 Å². The van der Waals surface area contributed by atoms with Crippen LogP contribution in [-0.2, 0) is 14.3 Å². The minimum Gasteiger partial charge on any atom is -0.394 e. The molecule has 0 aromatic heterocycles. The average Bonchev–Trinajstić information content (AvgIpc) is 2.60. The lowest BCUT2D eigenvalue weighted by molar-refractivity contribution is -0.319. The van der Waals surface area contributed by atoms with Gasteiger partial charge in [-0.15, -0.1) is 0 Å². The largest absolute Gasteiger partial charge is 0.394 e. The molecule has 1 heterocycles. The molecule has 1 saturated carbocycles. The Balaban J connectivity index is 2.23. The Hall–Kier alpha value is -0.930. The molecule has 2 aliphatic rings. The second-order valence-electron chi connectivity index (χ2n) is 6.49. The van der Waals surface area contributed by atoms with Crippen molar-refractivity contribution in [3.05, 3.63) is 0 Å². The van der Waals surface area contributed by atoms with Crippen molar-refractivity contribution >= 4 is 5.91 Å². The third-order valence-corrected chi connectivity index (χ3v) is 4.61. The van der Waals surface area contributed by atoms with E-state index in [0.29, 0.717) is 0 Å². The summed E-state index contributed by atoms with van der Waals surface area (Å²) >= 11 is 0. The molecule has 9 atom stereocenters. The zero-order valence-electron chi connectivity index (χ0n) is 13.9. The van der Waals surface area contributed by atoms with Crippen LogP contribution in [0, 0.1) is 0 Å². The molecule has 26 heavy (non-hydrogen) atoms. The number of carbonyl (C=O) groups is 1. The lowest BCUT2D eigenvalue weighted by Gasteiger charge is -2.47. The Morgan fingerprint density at radius 1 is 0.885 bits per heavy atom. The number of nitrogens with one attached hydrogen (secondary N) is 1. The van der Waals surface area contributed by atoms with Crippen molar-refractivity contribution in [3.63, 3.8) is 0 Å². The number of aliphatic hydroxyl groups is 8. The Morgan fingerprint density at radius 3 is 1.85 bits per heavy atom. The van der Waals surface area contributed by atoms with E-state index < -0.39 is 79.8 Å². The maximum atomic E-state index is 11.4. The summed E-state index contributed by atoms with van der Waals surface area (Å²) in [5, 5.41) is 80.7. The fraction of sp³-hybridized carbons (Fsp3) is 0.929. The first-order valence-corrected chi connectivity index (χ1v) is 8.05. The lowest BCUT2D eigenvalue weighted by atomic mass is 9.84. The quantitative estimate of drug-likeness (QED) is 0.223. The first-order valence-electron chi connectivity index (χ1n) is 8.05. The number of ether oxygens (including phenoxy) is 2. The van der Waals surface area contributed by atoms with E-state index in [1.807, 2.05) is 0 Å². The van der Waals surface area contributed by atoms with Crippen LogP contribution in [0.1, 0.15) is 6.92 Å². The molecule has 2 fully saturated rings. The van der Waals surface area contributed by atoms with E-state index in [0.717, 1.165) is 6.92 Å². The van der Waals surface area contributed by atoms with Gasteiger partial charge in [-0.1, -0.05) is 0 Å². The van der Waals surface area contributed by atoms with Crippen LogP contribution >= 0.6 is 0 Å². The van der Waals surface area contributed by atoms with Crippen LogP contribution in [0.15, 0.2) is 0 Å². The van der Waals surface area contributed by atoms with E-state index in [1.54, 1.807) is 0 Å². The van der Waals surface area contributed by atoms with E-state index in [-0.39, 0.29) is 0 Å². The Bertz CT molecular complexity index is 478. The summed E-state index contributed by atoms with van der Waals surface area (Å²) in [7, 11) is 0. The molecule has 1 amide bonds. The first kappa shape index (κ1) is 21.4. The zero-order valence-corrected chi connectivity index (χ0v) is 13.9. The third-order valence-electron chi connectivity index (χ3n) is 4.61. The summed E-state index contributed by atoms with van der Waals surface area (Å²) < 4.78 is 10.6. The predicted octanol–water partition coefficient (Wildman–Crippen LogP) is -5.87. The van der Waals surface area contributed by atoms with Crippen LogP contribution in [0.2, 0.25) is 0 Å². The van der Waals surface area contributed by atoms with Crippen LogP contribution in [0.4, 0.5) is 0 Å². The SMILES string of the molecule is CC(=O)NC1C(OC2C(O)C(O)C(O)C(O)C2O)OC(CO)C(O)C1O. The summed E-state index contributed by atoms with van der Waals surface area (Å²) in [5.74, 6) is -0.610. The Morgan fingerprint density at radius 2 is 1.38 bits per heavy atom. The molecular weight excluding hydrogens is 358 g/mol. The summed E-state index contributed by atoms with van der Waals surface area (Å²) in [6, 6.07) is -1.34. The maximum Gasteiger partial charge on any atom is 0.217 e. The molecule has 2 rings (SSSR count). The molecule has 0 aromatic rings. The van der Waals surface area contributed by atoms with Crippen LogP contribution in [0.3, 0.4) is 0 Å². The highest BCUT2D eigenvalue weighted by molar-refractivity contribution is 5.73. The minimum atomic E-state index is -1.84. The molecule has 0 spiro atoms. The third kappa shape index (κ3) is 3.99. The van der Waals surface area contributed by atoms with Gasteiger partial charge in [-0.3, -0.25) is 4.79 Å². The van der Waals surface area contributed by atoms with Gasteiger partial charge >= 0.3 is 0 Å². The van der Waals surface area contributed by atoms with Crippen molar-refractivity contribution in [2.45, 2.75) is 74.2 Å². The molecular formula is C14H25NO11. The van der Waals surface area contributed by atoms with Crippen LogP contribution in [-0.4, -0.2) is 121 Å². The van der Waals surface area contributed by atoms with Crippen molar-refractivity contribution < 1.29 is 55.1 Å².